The summed E-state index contributed by atoms with van der Waals surface area (Å²) in [4.78, 5) is 23.4. The number of aliphatic hydroxyl groups is 1. The molecule has 0 amide bonds. The molecule has 3 rings (SSSR count). The summed E-state index contributed by atoms with van der Waals surface area (Å²) in [6.07, 6.45) is 1.09. The lowest BCUT2D eigenvalue weighted by atomic mass is 9.75. The average molecular weight is 434 g/mol. The summed E-state index contributed by atoms with van der Waals surface area (Å²) in [6.45, 7) is 4.83. The second-order valence-corrected chi connectivity index (χ2v) is 7.90. The van der Waals surface area contributed by atoms with Crippen LogP contribution in [0.15, 0.2) is 39.7 Å². The third-order valence-corrected chi connectivity index (χ3v) is 5.59. The largest absolute Gasteiger partial charge is 0.484 e. The van der Waals surface area contributed by atoms with Crippen molar-refractivity contribution in [3.63, 3.8) is 0 Å². The molecule has 2 atom stereocenters. The number of rotatable bonds is 2. The van der Waals surface area contributed by atoms with Gasteiger partial charge in [0.15, 0.2) is 0 Å². The summed E-state index contributed by atoms with van der Waals surface area (Å²) in [6, 6.07) is 6.80. The standard InChI is InChI=1S/C18H16BrN3O5/c1-17(2)18(3,24)15(12-6-10(8-20)4-5-14(12)27-17)21-9-11(22(25)26)7-13(19)16(21)23/h4-7,9,15,24H,1-3H3. The minimum atomic E-state index is -1.62. The lowest BCUT2D eigenvalue weighted by molar-refractivity contribution is -0.385. The number of aromatic nitrogens is 1. The predicted octanol–water partition coefficient (Wildman–Crippen LogP) is 2.90. The molecule has 0 saturated heterocycles. The quantitative estimate of drug-likeness (QED) is 0.574. The molecule has 0 saturated carbocycles. The Balaban J connectivity index is 2.39. The molecule has 1 aliphatic heterocycles. The van der Waals surface area contributed by atoms with E-state index in [4.69, 9.17) is 4.74 Å². The van der Waals surface area contributed by atoms with Gasteiger partial charge < -0.3 is 9.84 Å². The molecule has 140 valence electrons. The molecule has 2 unspecified atom stereocenters. The van der Waals surface area contributed by atoms with Crippen molar-refractivity contribution in [3.05, 3.63) is 66.5 Å². The molecule has 2 aromatic rings. The molecule has 2 heterocycles. The maximum atomic E-state index is 12.8. The number of pyridine rings is 1. The van der Waals surface area contributed by atoms with Gasteiger partial charge in [-0.05, 0) is 54.9 Å². The molecular weight excluding hydrogens is 418 g/mol. The molecule has 0 spiro atoms. The summed E-state index contributed by atoms with van der Waals surface area (Å²) < 4.78 is 7.03. The lowest BCUT2D eigenvalue weighted by Crippen LogP contribution is -2.60. The van der Waals surface area contributed by atoms with Gasteiger partial charge in [0.05, 0.1) is 33.3 Å². The Morgan fingerprint density at radius 2 is 2.04 bits per heavy atom. The molecule has 0 aliphatic carbocycles. The van der Waals surface area contributed by atoms with E-state index < -0.39 is 27.7 Å². The van der Waals surface area contributed by atoms with Gasteiger partial charge in [0.1, 0.15) is 17.0 Å². The number of nitriles is 1. The monoisotopic (exact) mass is 433 g/mol. The van der Waals surface area contributed by atoms with Gasteiger partial charge in [-0.1, -0.05) is 0 Å². The van der Waals surface area contributed by atoms with Crippen LogP contribution in [0, 0.1) is 21.4 Å². The molecule has 1 aliphatic rings. The Hall–Kier alpha value is -2.70. The Kier molecular flexibility index (Phi) is 4.37. The second-order valence-electron chi connectivity index (χ2n) is 7.04. The first-order chi connectivity index (χ1) is 12.5. The van der Waals surface area contributed by atoms with E-state index >= 15 is 0 Å². The van der Waals surface area contributed by atoms with E-state index in [1.54, 1.807) is 26.0 Å². The number of nitrogens with zero attached hydrogens (tertiary/aromatic N) is 3. The van der Waals surface area contributed by atoms with E-state index in [1.165, 1.54) is 13.0 Å². The summed E-state index contributed by atoms with van der Waals surface area (Å²) in [5, 5.41) is 31.8. The highest BCUT2D eigenvalue weighted by Gasteiger charge is 2.54. The van der Waals surface area contributed by atoms with Gasteiger partial charge >= 0.3 is 0 Å². The Bertz CT molecular complexity index is 1050. The summed E-state index contributed by atoms with van der Waals surface area (Å²) in [5.74, 6) is 0.394. The smallest absolute Gasteiger partial charge is 0.286 e. The van der Waals surface area contributed by atoms with Crippen LogP contribution in [-0.2, 0) is 0 Å². The zero-order valence-electron chi connectivity index (χ0n) is 14.8. The summed E-state index contributed by atoms with van der Waals surface area (Å²) in [7, 11) is 0. The molecule has 0 fully saturated rings. The van der Waals surface area contributed by atoms with E-state index in [2.05, 4.69) is 15.9 Å². The minimum absolute atomic E-state index is 0.00483. The molecule has 1 aromatic heterocycles. The number of fused-ring (bicyclic) bond motifs is 1. The van der Waals surface area contributed by atoms with Crippen LogP contribution in [0.5, 0.6) is 5.75 Å². The van der Waals surface area contributed by atoms with Crippen LogP contribution < -0.4 is 10.3 Å². The zero-order chi connectivity index (χ0) is 20.1. The van der Waals surface area contributed by atoms with Crippen LogP contribution in [0.2, 0.25) is 0 Å². The normalized spacial score (nSPS) is 23.0. The fourth-order valence-corrected chi connectivity index (χ4v) is 3.64. The van der Waals surface area contributed by atoms with Crippen molar-refractivity contribution < 1.29 is 14.8 Å². The Morgan fingerprint density at radius 3 is 2.63 bits per heavy atom. The molecular formula is C18H16BrN3O5. The van der Waals surface area contributed by atoms with E-state index in [1.807, 2.05) is 6.07 Å². The van der Waals surface area contributed by atoms with E-state index in [0.717, 1.165) is 16.8 Å². The molecule has 0 bridgehead atoms. The molecule has 1 N–H and O–H groups in total. The zero-order valence-corrected chi connectivity index (χ0v) is 16.3. The lowest BCUT2D eigenvalue weighted by Gasteiger charge is -2.49. The molecule has 8 nitrogen and oxygen atoms in total. The second kappa shape index (κ2) is 6.18. The average Bonchev–Trinajstić information content (AvgIpc) is 2.58. The van der Waals surface area contributed by atoms with Gasteiger partial charge in [-0.3, -0.25) is 19.5 Å². The Morgan fingerprint density at radius 1 is 1.37 bits per heavy atom. The first kappa shape index (κ1) is 19.1. The third kappa shape index (κ3) is 2.91. The van der Waals surface area contributed by atoms with Crippen molar-refractivity contribution in [2.24, 2.45) is 0 Å². The van der Waals surface area contributed by atoms with Crippen LogP contribution >= 0.6 is 15.9 Å². The molecule has 9 heteroatoms. The number of ether oxygens (including phenoxy) is 1. The van der Waals surface area contributed by atoms with Crippen LogP contribution in [-0.4, -0.2) is 25.8 Å². The first-order valence-electron chi connectivity index (χ1n) is 8.01. The van der Waals surface area contributed by atoms with Crippen molar-refractivity contribution in [2.45, 2.75) is 38.0 Å². The van der Waals surface area contributed by atoms with Crippen molar-refractivity contribution in [3.8, 4) is 11.8 Å². The van der Waals surface area contributed by atoms with Gasteiger partial charge in [0, 0.05) is 11.6 Å². The van der Waals surface area contributed by atoms with E-state index in [0.29, 0.717) is 16.9 Å². The van der Waals surface area contributed by atoms with Gasteiger partial charge in [-0.25, -0.2) is 0 Å². The van der Waals surface area contributed by atoms with Gasteiger partial charge in [0.25, 0.3) is 11.2 Å². The number of halogens is 1. The number of nitro groups is 1. The number of benzene rings is 1. The molecule has 27 heavy (non-hydrogen) atoms. The van der Waals surface area contributed by atoms with Gasteiger partial charge in [-0.15, -0.1) is 0 Å². The van der Waals surface area contributed by atoms with Gasteiger partial charge in [-0.2, -0.15) is 5.26 Å². The van der Waals surface area contributed by atoms with Crippen molar-refractivity contribution in [2.75, 3.05) is 0 Å². The summed E-state index contributed by atoms with van der Waals surface area (Å²) in [5.41, 5.74) is -2.87. The maximum Gasteiger partial charge on any atom is 0.286 e. The summed E-state index contributed by atoms with van der Waals surface area (Å²) >= 11 is 3.06. The molecule has 0 radical (unpaired) electrons. The van der Waals surface area contributed by atoms with Crippen LogP contribution in [0.1, 0.15) is 37.9 Å². The van der Waals surface area contributed by atoms with E-state index in [-0.39, 0.29) is 10.2 Å². The highest BCUT2D eigenvalue weighted by Crippen LogP contribution is 2.48. The fraction of sp³-hybridized carbons (Fsp3) is 0.333. The minimum Gasteiger partial charge on any atom is -0.484 e. The molecule has 1 aromatic carbocycles. The van der Waals surface area contributed by atoms with Gasteiger partial charge in [0.2, 0.25) is 0 Å². The van der Waals surface area contributed by atoms with Crippen molar-refractivity contribution >= 4 is 21.6 Å². The predicted molar refractivity (Wildman–Crippen MR) is 99.7 cm³/mol. The van der Waals surface area contributed by atoms with E-state index in [9.17, 15) is 25.3 Å². The highest BCUT2D eigenvalue weighted by atomic mass is 79.9. The topological polar surface area (TPSA) is 118 Å². The van der Waals surface area contributed by atoms with Crippen molar-refractivity contribution in [1.29, 1.82) is 5.26 Å². The highest BCUT2D eigenvalue weighted by molar-refractivity contribution is 9.10. The van der Waals surface area contributed by atoms with Crippen LogP contribution in [0.25, 0.3) is 0 Å². The fourth-order valence-electron chi connectivity index (χ4n) is 3.20. The number of hydrogen-bond donors (Lipinski definition) is 1. The number of hydrogen-bond acceptors (Lipinski definition) is 6. The van der Waals surface area contributed by atoms with Crippen LogP contribution in [0.4, 0.5) is 5.69 Å². The SMILES string of the molecule is CC1(C)Oc2ccc(C#N)cc2C(n2cc([N+](=O)[O-])cc(Br)c2=O)C1(C)O. The maximum absolute atomic E-state index is 12.8. The Labute approximate surface area is 162 Å². The van der Waals surface area contributed by atoms with Crippen LogP contribution in [0.3, 0.4) is 0 Å². The first-order valence-corrected chi connectivity index (χ1v) is 8.80. The third-order valence-electron chi connectivity index (χ3n) is 5.02. The van der Waals surface area contributed by atoms with Crippen molar-refractivity contribution in [1.82, 2.24) is 4.57 Å².